The van der Waals surface area contributed by atoms with Gasteiger partial charge >= 0.3 is 0 Å². The molecule has 1 aliphatic heterocycles. The lowest BCUT2D eigenvalue weighted by Crippen LogP contribution is -2.53. The van der Waals surface area contributed by atoms with Crippen LogP contribution in [0.15, 0.2) is 18.2 Å². The van der Waals surface area contributed by atoms with Gasteiger partial charge in [-0.1, -0.05) is 27.2 Å². The summed E-state index contributed by atoms with van der Waals surface area (Å²) in [7, 11) is 0. The number of morpholine rings is 1. The summed E-state index contributed by atoms with van der Waals surface area (Å²) in [5.41, 5.74) is 6.11. The minimum absolute atomic E-state index is 0.0212. The van der Waals surface area contributed by atoms with E-state index in [9.17, 15) is 18.4 Å². The number of nitrogens with zero attached hydrogens (tertiary/aromatic N) is 2. The lowest BCUT2D eigenvalue weighted by atomic mass is 9.84. The molecule has 1 saturated carbocycles. The van der Waals surface area contributed by atoms with Crippen molar-refractivity contribution in [1.82, 2.24) is 4.90 Å². The van der Waals surface area contributed by atoms with Gasteiger partial charge in [-0.25, -0.2) is 8.78 Å². The molecule has 9 heteroatoms. The number of anilines is 2. The molecule has 2 amide bonds. The van der Waals surface area contributed by atoms with Crippen LogP contribution in [0.4, 0.5) is 20.2 Å². The Balaban J connectivity index is 1.78. The summed E-state index contributed by atoms with van der Waals surface area (Å²) in [6.45, 7) is 8.36. The third-order valence-electron chi connectivity index (χ3n) is 6.17. The van der Waals surface area contributed by atoms with E-state index in [4.69, 9.17) is 10.5 Å². The van der Waals surface area contributed by atoms with Crippen LogP contribution in [-0.2, 0) is 14.3 Å². The van der Waals surface area contributed by atoms with Crippen molar-refractivity contribution in [1.29, 1.82) is 0 Å². The summed E-state index contributed by atoms with van der Waals surface area (Å²) >= 11 is 0. The van der Waals surface area contributed by atoms with E-state index in [0.29, 0.717) is 12.5 Å². The fraction of sp³-hybridized carbons (Fsp3) is 0.667. The maximum Gasteiger partial charge on any atom is 0.265 e. The minimum atomic E-state index is -2.80. The van der Waals surface area contributed by atoms with Crippen LogP contribution in [0.25, 0.3) is 0 Å². The predicted octanol–water partition coefficient (Wildman–Crippen LogP) is 3.40. The second-order valence-electron chi connectivity index (χ2n) is 10.2. The van der Waals surface area contributed by atoms with Crippen molar-refractivity contribution in [2.75, 3.05) is 49.6 Å². The number of carbonyl (C=O) groups excluding carboxylic acids is 2. The molecule has 2 aliphatic rings. The zero-order chi connectivity index (χ0) is 24.2. The number of ether oxygens (including phenoxy) is 1. The van der Waals surface area contributed by atoms with E-state index in [1.54, 1.807) is 6.07 Å². The lowest BCUT2D eigenvalue weighted by molar-refractivity contribution is -0.125. The van der Waals surface area contributed by atoms with Gasteiger partial charge in [0.25, 0.3) is 12.3 Å². The van der Waals surface area contributed by atoms with Gasteiger partial charge in [0.2, 0.25) is 5.91 Å². The molecule has 7 nitrogen and oxygen atoms in total. The van der Waals surface area contributed by atoms with Crippen molar-refractivity contribution in [2.24, 2.45) is 17.1 Å². The Kier molecular flexibility index (Phi) is 8.42. The summed E-state index contributed by atoms with van der Waals surface area (Å²) in [6, 6.07) is 3.70. The highest BCUT2D eigenvalue weighted by molar-refractivity contribution is 5.97. The Bertz CT molecular complexity index is 839. The number of hydrogen-bond donors (Lipinski definition) is 2. The van der Waals surface area contributed by atoms with Gasteiger partial charge in [-0.3, -0.25) is 14.5 Å². The molecule has 2 fully saturated rings. The Morgan fingerprint density at radius 1 is 1.33 bits per heavy atom. The van der Waals surface area contributed by atoms with Crippen LogP contribution in [0, 0.1) is 11.3 Å². The standard InChI is InChI=1S/C24H36F2N4O3/c1-24(2,3)15-29(13-16-5-4-6-16)20(12-27)23(32)28-17-7-8-19(18(11-17)22(25)26)30-9-10-33-14-21(30)31/h7-8,11,16,20,22H,4-6,9-10,12-15,27H2,1-3H3,(H,28,32)/t20-/m0/s1. The van der Waals surface area contributed by atoms with Gasteiger partial charge in [0, 0.05) is 37.4 Å². The van der Waals surface area contributed by atoms with E-state index in [0.717, 1.165) is 19.4 Å². The van der Waals surface area contributed by atoms with Crippen molar-refractivity contribution >= 4 is 23.2 Å². The van der Waals surface area contributed by atoms with Crippen LogP contribution in [0.3, 0.4) is 0 Å². The molecule has 0 aromatic heterocycles. The first-order valence-electron chi connectivity index (χ1n) is 11.6. The fourth-order valence-electron chi connectivity index (χ4n) is 4.39. The van der Waals surface area contributed by atoms with Crippen molar-refractivity contribution in [3.05, 3.63) is 23.8 Å². The van der Waals surface area contributed by atoms with Gasteiger partial charge in [0.15, 0.2) is 0 Å². The highest BCUT2D eigenvalue weighted by Gasteiger charge is 2.32. The maximum absolute atomic E-state index is 13.8. The first-order chi connectivity index (χ1) is 15.6. The van der Waals surface area contributed by atoms with Gasteiger partial charge in [0.05, 0.1) is 12.3 Å². The average molecular weight is 467 g/mol. The van der Waals surface area contributed by atoms with E-state index in [1.165, 1.54) is 23.5 Å². The monoisotopic (exact) mass is 466 g/mol. The van der Waals surface area contributed by atoms with Crippen LogP contribution in [0.5, 0.6) is 0 Å². The van der Waals surface area contributed by atoms with Gasteiger partial charge in [-0.15, -0.1) is 0 Å². The molecule has 1 heterocycles. The molecular formula is C24H36F2N4O3. The molecule has 184 valence electrons. The summed E-state index contributed by atoms with van der Waals surface area (Å²) in [5, 5.41) is 2.78. The topological polar surface area (TPSA) is 87.9 Å². The van der Waals surface area contributed by atoms with E-state index in [-0.39, 0.29) is 60.5 Å². The third-order valence-corrected chi connectivity index (χ3v) is 6.17. The van der Waals surface area contributed by atoms with Crippen LogP contribution in [-0.4, -0.2) is 62.1 Å². The van der Waals surface area contributed by atoms with Crippen molar-refractivity contribution in [3.63, 3.8) is 0 Å². The molecule has 33 heavy (non-hydrogen) atoms. The van der Waals surface area contributed by atoms with Gasteiger partial charge in [-0.05, 0) is 42.4 Å². The summed E-state index contributed by atoms with van der Waals surface area (Å²) in [4.78, 5) is 28.8. The SMILES string of the molecule is CC(C)(C)CN(CC1CCC1)[C@@H](CN)C(=O)Nc1ccc(N2CCOCC2=O)c(C(F)F)c1. The zero-order valence-corrected chi connectivity index (χ0v) is 19.8. The molecule has 1 saturated heterocycles. The predicted molar refractivity (Wildman–Crippen MR) is 124 cm³/mol. The highest BCUT2D eigenvalue weighted by Crippen LogP contribution is 2.34. The van der Waals surface area contributed by atoms with Gasteiger partial charge in [0.1, 0.15) is 12.6 Å². The molecule has 1 aromatic carbocycles. The molecule has 1 atom stereocenters. The molecule has 1 aromatic rings. The van der Waals surface area contributed by atoms with E-state index < -0.39 is 12.5 Å². The van der Waals surface area contributed by atoms with E-state index in [2.05, 4.69) is 31.0 Å². The van der Waals surface area contributed by atoms with Crippen LogP contribution < -0.4 is 16.0 Å². The molecule has 3 rings (SSSR count). The first-order valence-corrected chi connectivity index (χ1v) is 11.6. The van der Waals surface area contributed by atoms with Crippen molar-refractivity contribution in [3.8, 4) is 0 Å². The lowest BCUT2D eigenvalue weighted by Gasteiger charge is -2.39. The molecule has 0 radical (unpaired) electrons. The van der Waals surface area contributed by atoms with Gasteiger partial charge in [-0.2, -0.15) is 0 Å². The second-order valence-corrected chi connectivity index (χ2v) is 10.2. The summed E-state index contributed by atoms with van der Waals surface area (Å²) in [5.74, 6) is -0.113. The summed E-state index contributed by atoms with van der Waals surface area (Å²) in [6.07, 6.45) is 0.716. The fourth-order valence-corrected chi connectivity index (χ4v) is 4.39. The zero-order valence-electron chi connectivity index (χ0n) is 19.8. The maximum atomic E-state index is 13.8. The average Bonchev–Trinajstić information content (AvgIpc) is 2.70. The van der Waals surface area contributed by atoms with Crippen LogP contribution in [0.1, 0.15) is 52.0 Å². The Morgan fingerprint density at radius 3 is 2.61 bits per heavy atom. The number of rotatable bonds is 9. The number of carbonyl (C=O) groups is 2. The molecular weight excluding hydrogens is 430 g/mol. The molecule has 1 aliphatic carbocycles. The second kappa shape index (κ2) is 10.9. The highest BCUT2D eigenvalue weighted by atomic mass is 19.3. The quantitative estimate of drug-likeness (QED) is 0.582. The number of amides is 2. The largest absolute Gasteiger partial charge is 0.370 e. The Labute approximate surface area is 194 Å². The number of alkyl halides is 2. The van der Waals surface area contributed by atoms with Crippen LogP contribution in [0.2, 0.25) is 0 Å². The van der Waals surface area contributed by atoms with Crippen LogP contribution >= 0.6 is 0 Å². The number of halogens is 2. The number of nitrogens with one attached hydrogen (secondary N) is 1. The number of nitrogens with two attached hydrogens (primary N) is 1. The van der Waals surface area contributed by atoms with E-state index >= 15 is 0 Å². The number of hydrogen-bond acceptors (Lipinski definition) is 5. The normalized spacial score (nSPS) is 18.5. The molecule has 0 unspecified atom stereocenters. The molecule has 3 N–H and O–H groups in total. The van der Waals surface area contributed by atoms with E-state index in [1.807, 2.05) is 0 Å². The minimum Gasteiger partial charge on any atom is -0.370 e. The van der Waals surface area contributed by atoms with Crippen molar-refractivity contribution < 1.29 is 23.1 Å². The first kappa shape index (κ1) is 25.5. The molecule has 0 spiro atoms. The molecule has 0 bridgehead atoms. The Morgan fingerprint density at radius 2 is 2.06 bits per heavy atom. The third kappa shape index (κ3) is 6.71. The summed E-state index contributed by atoms with van der Waals surface area (Å²) < 4.78 is 32.8. The Hall–Kier alpha value is -2.10. The van der Waals surface area contributed by atoms with Crippen molar-refractivity contribution in [2.45, 2.75) is 52.5 Å². The smallest absolute Gasteiger partial charge is 0.265 e. The number of benzene rings is 1. The van der Waals surface area contributed by atoms with Gasteiger partial charge < -0.3 is 20.7 Å².